The number of likely N-dealkylation sites (tertiary alicyclic amines) is 1. The molecule has 0 unspecified atom stereocenters. The lowest BCUT2D eigenvalue weighted by Crippen LogP contribution is -2.26. The van der Waals surface area contributed by atoms with Gasteiger partial charge in [-0.1, -0.05) is 12.1 Å². The van der Waals surface area contributed by atoms with Crippen LogP contribution in [0.5, 0.6) is 5.75 Å². The summed E-state index contributed by atoms with van der Waals surface area (Å²) in [5.74, 6) is -0.296. The van der Waals surface area contributed by atoms with Gasteiger partial charge in [0, 0.05) is 29.7 Å². The molecule has 0 aliphatic carbocycles. The van der Waals surface area contributed by atoms with Crippen LogP contribution in [0.15, 0.2) is 48.5 Å². The quantitative estimate of drug-likeness (QED) is 0.614. The Kier molecular flexibility index (Phi) is 5.12. The summed E-state index contributed by atoms with van der Waals surface area (Å²) in [5.41, 5.74) is 9.09. The van der Waals surface area contributed by atoms with E-state index in [1.54, 1.807) is 18.2 Å². The zero-order chi connectivity index (χ0) is 19.5. The van der Waals surface area contributed by atoms with E-state index >= 15 is 0 Å². The van der Waals surface area contributed by atoms with E-state index in [9.17, 15) is 9.90 Å². The van der Waals surface area contributed by atoms with Crippen LogP contribution >= 0.6 is 0 Å². The van der Waals surface area contributed by atoms with Crippen molar-refractivity contribution in [1.82, 2.24) is 9.88 Å². The van der Waals surface area contributed by atoms with Crippen LogP contribution in [0, 0.1) is 0 Å². The number of fused-ring (bicyclic) bond motifs is 1. The Morgan fingerprint density at radius 1 is 1.14 bits per heavy atom. The van der Waals surface area contributed by atoms with Gasteiger partial charge in [-0.3, -0.25) is 4.79 Å². The van der Waals surface area contributed by atoms with Crippen molar-refractivity contribution in [3.8, 4) is 17.0 Å². The number of phenolic OH excluding ortho intramolecular Hbond substituents is 1. The van der Waals surface area contributed by atoms with Crippen LogP contribution in [0.25, 0.3) is 22.2 Å². The number of nitrogens with zero attached hydrogens (tertiary/aromatic N) is 2. The largest absolute Gasteiger partial charge is 0.508 e. The highest BCUT2D eigenvalue weighted by atomic mass is 16.3. The second kappa shape index (κ2) is 7.86. The average Bonchev–Trinajstić information content (AvgIpc) is 3.21. The zero-order valence-corrected chi connectivity index (χ0v) is 15.7. The Morgan fingerprint density at radius 2 is 1.89 bits per heavy atom. The summed E-state index contributed by atoms with van der Waals surface area (Å²) in [6.45, 7) is 4.11. The fourth-order valence-electron chi connectivity index (χ4n) is 3.73. The van der Waals surface area contributed by atoms with Crippen molar-refractivity contribution in [3.63, 3.8) is 0 Å². The molecule has 1 fully saturated rings. The number of aromatic hydroxyl groups is 1. The molecule has 4 N–H and O–H groups in total. The summed E-state index contributed by atoms with van der Waals surface area (Å²) in [4.78, 5) is 19.1. The van der Waals surface area contributed by atoms with E-state index in [0.29, 0.717) is 11.1 Å². The number of hydrogen-bond acceptors (Lipinski definition) is 5. The van der Waals surface area contributed by atoms with Crippen LogP contribution in [-0.2, 0) is 0 Å². The number of nitrogens with two attached hydrogens (primary N) is 1. The number of pyridine rings is 1. The summed E-state index contributed by atoms with van der Waals surface area (Å²) in [6.07, 6.45) is 2.54. The SMILES string of the molecule is NC(=O)c1cccc2c(NCCN3CCCC3)cc(-c3ccc(O)cc3)nc12. The molecule has 2 heterocycles. The number of carbonyl (C=O) groups excluding carboxylic acids is 1. The highest BCUT2D eigenvalue weighted by Gasteiger charge is 2.15. The molecule has 4 rings (SSSR count). The summed E-state index contributed by atoms with van der Waals surface area (Å²) >= 11 is 0. The predicted molar refractivity (Wildman–Crippen MR) is 112 cm³/mol. The summed E-state index contributed by atoms with van der Waals surface area (Å²) in [6, 6.07) is 14.3. The fourth-order valence-corrected chi connectivity index (χ4v) is 3.73. The van der Waals surface area contributed by atoms with Crippen molar-refractivity contribution in [2.75, 3.05) is 31.5 Å². The van der Waals surface area contributed by atoms with Crippen molar-refractivity contribution in [2.45, 2.75) is 12.8 Å². The molecule has 0 saturated carbocycles. The number of nitrogens with one attached hydrogen (secondary N) is 1. The van der Waals surface area contributed by atoms with E-state index in [4.69, 9.17) is 10.7 Å². The maximum absolute atomic E-state index is 11.9. The lowest BCUT2D eigenvalue weighted by molar-refractivity contribution is 0.100. The number of phenols is 1. The molecule has 1 aliphatic heterocycles. The van der Waals surface area contributed by atoms with Crippen LogP contribution < -0.4 is 11.1 Å². The first-order chi connectivity index (χ1) is 13.6. The van der Waals surface area contributed by atoms with E-state index < -0.39 is 5.91 Å². The number of rotatable bonds is 6. The molecule has 0 bridgehead atoms. The van der Waals surface area contributed by atoms with Gasteiger partial charge in [0.1, 0.15) is 5.75 Å². The number of benzene rings is 2. The minimum Gasteiger partial charge on any atom is -0.508 e. The van der Waals surface area contributed by atoms with Gasteiger partial charge in [-0.15, -0.1) is 0 Å². The van der Waals surface area contributed by atoms with Crippen molar-refractivity contribution in [1.29, 1.82) is 0 Å². The second-order valence-corrected chi connectivity index (χ2v) is 7.14. The van der Waals surface area contributed by atoms with E-state index in [-0.39, 0.29) is 5.75 Å². The third-order valence-electron chi connectivity index (χ3n) is 5.21. The second-order valence-electron chi connectivity index (χ2n) is 7.14. The Bertz CT molecular complexity index is 995. The molecule has 1 aromatic heterocycles. The molecule has 28 heavy (non-hydrogen) atoms. The molecule has 2 aromatic carbocycles. The topological polar surface area (TPSA) is 91.5 Å². The summed E-state index contributed by atoms with van der Waals surface area (Å²) in [5, 5.41) is 14.0. The van der Waals surface area contributed by atoms with Crippen molar-refractivity contribution >= 4 is 22.5 Å². The fraction of sp³-hybridized carbons (Fsp3) is 0.273. The van der Waals surface area contributed by atoms with Crippen LogP contribution in [-0.4, -0.2) is 47.1 Å². The standard InChI is InChI=1S/C22H24N4O2/c23-22(28)18-5-3-4-17-20(24-10-13-26-11-1-2-12-26)14-19(25-21(17)18)15-6-8-16(27)9-7-15/h3-9,14,27H,1-2,10-13H2,(H2,23,28)(H,24,25). The Morgan fingerprint density at radius 3 is 2.61 bits per heavy atom. The number of primary amides is 1. The van der Waals surface area contributed by atoms with Gasteiger partial charge in [-0.25, -0.2) is 4.98 Å². The predicted octanol–water partition coefficient (Wildman–Crippen LogP) is 3.21. The Labute approximate surface area is 164 Å². The summed E-state index contributed by atoms with van der Waals surface area (Å²) in [7, 11) is 0. The third kappa shape index (κ3) is 3.77. The van der Waals surface area contributed by atoms with Crippen molar-refractivity contribution < 1.29 is 9.90 Å². The van der Waals surface area contributed by atoms with Gasteiger partial charge in [0.15, 0.2) is 0 Å². The van der Waals surface area contributed by atoms with Gasteiger partial charge in [0.25, 0.3) is 5.91 Å². The first-order valence-electron chi connectivity index (χ1n) is 9.61. The molecule has 3 aromatic rings. The van der Waals surface area contributed by atoms with E-state index in [1.165, 1.54) is 12.8 Å². The molecular formula is C22H24N4O2. The minimum absolute atomic E-state index is 0.200. The maximum Gasteiger partial charge on any atom is 0.250 e. The maximum atomic E-state index is 11.9. The molecule has 1 amide bonds. The molecule has 1 aliphatic rings. The smallest absolute Gasteiger partial charge is 0.250 e. The number of aromatic nitrogens is 1. The van der Waals surface area contributed by atoms with Crippen molar-refractivity contribution in [2.24, 2.45) is 5.73 Å². The molecule has 144 valence electrons. The van der Waals surface area contributed by atoms with E-state index in [1.807, 2.05) is 30.3 Å². The molecule has 1 saturated heterocycles. The molecule has 0 radical (unpaired) electrons. The lowest BCUT2D eigenvalue weighted by atomic mass is 10.0. The van der Waals surface area contributed by atoms with Gasteiger partial charge in [0.05, 0.1) is 16.8 Å². The van der Waals surface area contributed by atoms with Crippen LogP contribution in [0.1, 0.15) is 23.2 Å². The highest BCUT2D eigenvalue weighted by molar-refractivity contribution is 6.08. The number of hydrogen-bond donors (Lipinski definition) is 3. The van der Waals surface area contributed by atoms with Crippen LogP contribution in [0.2, 0.25) is 0 Å². The monoisotopic (exact) mass is 376 g/mol. The molecule has 6 heteroatoms. The number of anilines is 1. The molecule has 0 spiro atoms. The average molecular weight is 376 g/mol. The number of para-hydroxylation sites is 1. The Balaban J connectivity index is 1.73. The highest BCUT2D eigenvalue weighted by Crippen LogP contribution is 2.30. The van der Waals surface area contributed by atoms with Gasteiger partial charge >= 0.3 is 0 Å². The molecular weight excluding hydrogens is 352 g/mol. The van der Waals surface area contributed by atoms with Crippen molar-refractivity contribution in [3.05, 3.63) is 54.1 Å². The minimum atomic E-state index is -0.496. The number of amides is 1. The van der Waals surface area contributed by atoms with Gasteiger partial charge in [0.2, 0.25) is 0 Å². The van der Waals surface area contributed by atoms with E-state index in [0.717, 1.165) is 48.5 Å². The van der Waals surface area contributed by atoms with Crippen LogP contribution in [0.4, 0.5) is 5.69 Å². The normalized spacial score (nSPS) is 14.4. The Hall–Kier alpha value is -3.12. The van der Waals surface area contributed by atoms with Gasteiger partial charge < -0.3 is 21.1 Å². The van der Waals surface area contributed by atoms with Gasteiger partial charge in [-0.2, -0.15) is 0 Å². The molecule has 6 nitrogen and oxygen atoms in total. The van der Waals surface area contributed by atoms with Gasteiger partial charge in [-0.05, 0) is 62.3 Å². The third-order valence-corrected chi connectivity index (χ3v) is 5.21. The zero-order valence-electron chi connectivity index (χ0n) is 15.7. The lowest BCUT2D eigenvalue weighted by Gasteiger charge is -2.17. The summed E-state index contributed by atoms with van der Waals surface area (Å²) < 4.78 is 0. The van der Waals surface area contributed by atoms with E-state index in [2.05, 4.69) is 10.2 Å². The molecule has 0 atom stereocenters. The first-order valence-corrected chi connectivity index (χ1v) is 9.61. The first kappa shape index (κ1) is 18.3. The van der Waals surface area contributed by atoms with Crippen LogP contribution in [0.3, 0.4) is 0 Å². The number of carbonyl (C=O) groups is 1.